The van der Waals surface area contributed by atoms with Crippen molar-refractivity contribution in [3.63, 3.8) is 0 Å². The Bertz CT molecular complexity index is 2740. The molecule has 65 heavy (non-hydrogen) atoms. The number of hydrogen-bond donors (Lipinski definition) is 2. The molecule has 0 bridgehead atoms. The van der Waals surface area contributed by atoms with E-state index < -0.39 is 0 Å². The number of nitrogens with zero attached hydrogens (tertiary/aromatic N) is 11. The number of hydrogen-bond acceptors (Lipinski definition) is 13. The lowest BCUT2D eigenvalue weighted by molar-refractivity contribution is 0.493. The van der Waals surface area contributed by atoms with Crippen molar-refractivity contribution in [1.82, 2.24) is 34.9 Å². The number of rotatable bonds is 14. The summed E-state index contributed by atoms with van der Waals surface area (Å²) < 4.78 is 0. The maximum atomic E-state index is 5.41. The fourth-order valence-electron chi connectivity index (χ4n) is 7.46. The minimum atomic E-state index is -0.296. The van der Waals surface area contributed by atoms with Crippen molar-refractivity contribution in [3.05, 3.63) is 115 Å². The van der Waals surface area contributed by atoms with Crippen LogP contribution in [0.4, 0.5) is 46.3 Å². The van der Waals surface area contributed by atoms with Gasteiger partial charge in [0, 0.05) is 138 Å². The van der Waals surface area contributed by atoms with Crippen LogP contribution in [-0.2, 0) is 10.8 Å². The van der Waals surface area contributed by atoms with Gasteiger partial charge in [0.2, 0.25) is 0 Å². The van der Waals surface area contributed by atoms with Crippen molar-refractivity contribution in [2.45, 2.75) is 58.8 Å². The highest BCUT2D eigenvalue weighted by Gasteiger charge is 2.29. The molecule has 0 unspecified atom stereocenters. The van der Waals surface area contributed by atoms with E-state index in [0.717, 1.165) is 97.1 Å². The second kappa shape index (κ2) is 18.5. The highest BCUT2D eigenvalue weighted by molar-refractivity contribution is 5.88. The van der Waals surface area contributed by atoms with Gasteiger partial charge in [-0.1, -0.05) is 41.5 Å². The molecule has 0 aromatic carbocycles. The molecule has 0 radical (unpaired) electrons. The Morgan fingerprint density at radius 2 is 0.954 bits per heavy atom. The van der Waals surface area contributed by atoms with Crippen molar-refractivity contribution in [1.29, 1.82) is 0 Å². The first-order valence-electron chi connectivity index (χ1n) is 22.0. The molecule has 7 aromatic rings. The van der Waals surface area contributed by atoms with Gasteiger partial charge in [-0.2, -0.15) is 0 Å². The Kier molecular flexibility index (Phi) is 13.1. The maximum absolute atomic E-state index is 5.41. The number of anilines is 8. The largest absolute Gasteiger partial charge is 0.363 e. The highest BCUT2D eigenvalue weighted by Crippen LogP contribution is 2.44. The van der Waals surface area contributed by atoms with Gasteiger partial charge in [0.25, 0.3) is 0 Å². The smallest absolute Gasteiger partial charge is 0.139 e. The Hall–Kier alpha value is -7.15. The molecule has 13 nitrogen and oxygen atoms in total. The summed E-state index contributed by atoms with van der Waals surface area (Å²) >= 11 is 0. The van der Waals surface area contributed by atoms with Crippen LogP contribution in [0.15, 0.2) is 104 Å². The van der Waals surface area contributed by atoms with E-state index in [1.165, 1.54) is 0 Å². The van der Waals surface area contributed by atoms with E-state index in [4.69, 9.17) is 34.9 Å². The standard InChI is InChI=1S/C52H63N13/c1-15-52(5,6)49-48(36-19-23-46(57-32-36)65(13)14)41(28-40(60-49)34-17-21-44(55-30-34)63(9)10)59-42-26-37(24-25-53-42)58-50-47(35-18-22-45(56-31-35)64(11)12)38(51(2,3)4)27-39(61-50)33-16-20-43(54-29-33)62(7)8/h16-32H,15H2,1-14H3,(H2,53,58,59,60,61). The number of pyridine rings is 7. The van der Waals surface area contributed by atoms with Gasteiger partial charge in [-0.05, 0) is 84.1 Å². The number of aromatic nitrogens is 7. The average Bonchev–Trinajstić information content (AvgIpc) is 3.28. The molecule has 0 aliphatic rings. The summed E-state index contributed by atoms with van der Waals surface area (Å²) in [5.74, 6) is 4.82. The Labute approximate surface area is 385 Å². The zero-order valence-electron chi connectivity index (χ0n) is 40.4. The van der Waals surface area contributed by atoms with Crippen molar-refractivity contribution in [2.75, 3.05) is 86.6 Å². The van der Waals surface area contributed by atoms with Crippen LogP contribution in [0.5, 0.6) is 0 Å². The SMILES string of the molecule is CCC(C)(C)c1nc(-c2ccc(N(C)C)nc2)cc(Nc2cc(Nc3nc(-c4ccc(N(C)C)nc4)cc(C(C)(C)C)c3-c3ccc(N(C)C)nc3)ccn2)c1-c1ccc(N(C)C)nc1. The van der Waals surface area contributed by atoms with E-state index in [-0.39, 0.29) is 10.8 Å². The van der Waals surface area contributed by atoms with E-state index in [9.17, 15) is 0 Å². The molecular formula is C52H63N13. The third kappa shape index (κ3) is 10.1. The summed E-state index contributed by atoms with van der Waals surface area (Å²) in [6.07, 6.45) is 10.3. The quantitative estimate of drug-likeness (QED) is 0.108. The van der Waals surface area contributed by atoms with Crippen LogP contribution in [0.1, 0.15) is 59.2 Å². The van der Waals surface area contributed by atoms with Gasteiger partial charge >= 0.3 is 0 Å². The summed E-state index contributed by atoms with van der Waals surface area (Å²) in [4.78, 5) is 42.8. The molecule has 0 fully saturated rings. The Morgan fingerprint density at radius 3 is 1.38 bits per heavy atom. The molecule has 0 spiro atoms. The third-order valence-corrected chi connectivity index (χ3v) is 11.7. The van der Waals surface area contributed by atoms with Crippen LogP contribution in [0.25, 0.3) is 44.8 Å². The van der Waals surface area contributed by atoms with Crippen LogP contribution >= 0.6 is 0 Å². The van der Waals surface area contributed by atoms with Crippen LogP contribution < -0.4 is 30.2 Å². The van der Waals surface area contributed by atoms with Gasteiger partial charge in [-0.3, -0.25) is 4.98 Å². The first-order valence-corrected chi connectivity index (χ1v) is 22.0. The molecule has 0 aliphatic carbocycles. The number of nitrogens with one attached hydrogen (secondary N) is 2. The summed E-state index contributed by atoms with van der Waals surface area (Å²) in [6.45, 7) is 13.4. The fraction of sp³-hybridized carbons (Fsp3) is 0.327. The van der Waals surface area contributed by atoms with E-state index in [2.05, 4.69) is 88.6 Å². The molecule has 0 atom stereocenters. The second-order valence-electron chi connectivity index (χ2n) is 18.9. The second-order valence-corrected chi connectivity index (χ2v) is 18.9. The zero-order chi connectivity index (χ0) is 46.8. The van der Waals surface area contributed by atoms with Crippen LogP contribution in [0.2, 0.25) is 0 Å². The maximum Gasteiger partial charge on any atom is 0.139 e. The highest BCUT2D eigenvalue weighted by atomic mass is 15.1. The minimum absolute atomic E-state index is 0.257. The molecule has 7 aromatic heterocycles. The zero-order valence-corrected chi connectivity index (χ0v) is 40.4. The lowest BCUT2D eigenvalue weighted by atomic mass is 9.81. The van der Waals surface area contributed by atoms with Gasteiger partial charge in [0.05, 0.1) is 22.8 Å². The average molecular weight is 870 g/mol. The van der Waals surface area contributed by atoms with Crippen molar-refractivity contribution in [2.24, 2.45) is 0 Å². The van der Waals surface area contributed by atoms with E-state index in [1.807, 2.05) is 143 Å². The van der Waals surface area contributed by atoms with Gasteiger partial charge in [-0.25, -0.2) is 29.9 Å². The van der Waals surface area contributed by atoms with E-state index in [1.54, 1.807) is 0 Å². The predicted molar refractivity (Wildman–Crippen MR) is 272 cm³/mol. The molecule has 0 aliphatic heterocycles. The van der Waals surface area contributed by atoms with Gasteiger partial charge in [-0.15, -0.1) is 0 Å². The Morgan fingerprint density at radius 1 is 0.492 bits per heavy atom. The first kappa shape index (κ1) is 45.9. The normalized spacial score (nSPS) is 11.6. The lowest BCUT2D eigenvalue weighted by Gasteiger charge is -2.28. The minimum Gasteiger partial charge on any atom is -0.363 e. The molecule has 13 heteroatoms. The molecule has 7 heterocycles. The van der Waals surface area contributed by atoms with Crippen LogP contribution in [0, 0.1) is 0 Å². The Balaban J connectivity index is 1.39. The topological polar surface area (TPSA) is 127 Å². The third-order valence-electron chi connectivity index (χ3n) is 11.7. The van der Waals surface area contributed by atoms with Crippen molar-refractivity contribution >= 4 is 46.3 Å². The predicted octanol–water partition coefficient (Wildman–Crippen LogP) is 10.9. The van der Waals surface area contributed by atoms with Crippen LogP contribution in [0.3, 0.4) is 0 Å². The molecule has 7 rings (SSSR count). The molecule has 0 saturated carbocycles. The molecule has 0 amide bonds. The molecule has 2 N–H and O–H groups in total. The van der Waals surface area contributed by atoms with Gasteiger partial charge < -0.3 is 30.2 Å². The summed E-state index contributed by atoms with van der Waals surface area (Å²) in [5, 5.41) is 7.51. The van der Waals surface area contributed by atoms with Crippen molar-refractivity contribution in [3.8, 4) is 44.8 Å². The molecule has 336 valence electrons. The monoisotopic (exact) mass is 870 g/mol. The molecule has 0 saturated heterocycles. The van der Waals surface area contributed by atoms with Gasteiger partial charge in [0.1, 0.15) is 34.9 Å². The summed E-state index contributed by atoms with van der Waals surface area (Å²) in [7, 11) is 15.9. The van der Waals surface area contributed by atoms with E-state index in [0.29, 0.717) is 11.6 Å². The fourth-order valence-corrected chi connectivity index (χ4v) is 7.46. The lowest BCUT2D eigenvalue weighted by Crippen LogP contribution is -2.20. The first-order chi connectivity index (χ1) is 30.8. The summed E-state index contributed by atoms with van der Waals surface area (Å²) in [5.41, 5.74) is 10.5. The van der Waals surface area contributed by atoms with Crippen LogP contribution in [-0.4, -0.2) is 91.3 Å². The van der Waals surface area contributed by atoms with Gasteiger partial charge in [0.15, 0.2) is 0 Å². The van der Waals surface area contributed by atoms with E-state index >= 15 is 0 Å². The molecular weight excluding hydrogens is 807 g/mol. The van der Waals surface area contributed by atoms with Crippen molar-refractivity contribution < 1.29 is 0 Å². The summed E-state index contributed by atoms with van der Waals surface area (Å²) in [6, 6.07) is 24.8.